The van der Waals surface area contributed by atoms with Gasteiger partial charge >= 0.3 is 0 Å². The number of nitrogen functional groups attached to an aromatic ring is 1. The van der Waals surface area contributed by atoms with Crippen molar-refractivity contribution in [3.8, 4) is 0 Å². The zero-order valence-electron chi connectivity index (χ0n) is 13.0. The minimum atomic E-state index is -3.43. The molecule has 1 aliphatic carbocycles. The van der Waals surface area contributed by atoms with Gasteiger partial charge in [0.2, 0.25) is 10.0 Å². The fourth-order valence-electron chi connectivity index (χ4n) is 2.56. The van der Waals surface area contributed by atoms with Crippen LogP contribution in [-0.2, 0) is 10.0 Å². The summed E-state index contributed by atoms with van der Waals surface area (Å²) in [5.41, 5.74) is 7.64. The second-order valence-electron chi connectivity index (χ2n) is 6.14. The summed E-state index contributed by atoms with van der Waals surface area (Å²) in [4.78, 5) is 0.268. The predicted molar refractivity (Wildman–Crippen MR) is 86.8 cm³/mol. The molecule has 0 amide bonds. The van der Waals surface area contributed by atoms with E-state index in [-0.39, 0.29) is 4.90 Å². The van der Waals surface area contributed by atoms with Gasteiger partial charge in [-0.15, -0.1) is 0 Å². The van der Waals surface area contributed by atoms with Crippen LogP contribution in [-0.4, -0.2) is 33.4 Å². The fraction of sp³-hybridized carbons (Fsp3) is 0.600. The Bertz CT molecular complexity index is 607. The van der Waals surface area contributed by atoms with Crippen molar-refractivity contribution in [1.29, 1.82) is 0 Å². The van der Waals surface area contributed by atoms with Crippen molar-refractivity contribution in [3.63, 3.8) is 0 Å². The van der Waals surface area contributed by atoms with E-state index in [1.807, 2.05) is 0 Å². The molecule has 0 aromatic heterocycles. The molecule has 0 spiro atoms. The van der Waals surface area contributed by atoms with E-state index >= 15 is 0 Å². The van der Waals surface area contributed by atoms with E-state index in [0.717, 1.165) is 6.54 Å². The van der Waals surface area contributed by atoms with Crippen LogP contribution in [0, 0.1) is 5.41 Å². The minimum absolute atomic E-state index is 0.268. The van der Waals surface area contributed by atoms with E-state index in [4.69, 9.17) is 5.73 Å². The fourth-order valence-corrected chi connectivity index (χ4v) is 3.49. The van der Waals surface area contributed by atoms with E-state index in [2.05, 4.69) is 12.2 Å². The molecule has 1 fully saturated rings. The van der Waals surface area contributed by atoms with Crippen LogP contribution in [0.25, 0.3) is 0 Å². The number of hydrogen-bond donors (Lipinski definition) is 2. The Morgan fingerprint density at radius 3 is 2.52 bits per heavy atom. The summed E-state index contributed by atoms with van der Waals surface area (Å²) < 4.78 is 25.5. The molecule has 21 heavy (non-hydrogen) atoms. The highest BCUT2D eigenvalue weighted by Crippen LogP contribution is 2.49. The van der Waals surface area contributed by atoms with E-state index in [0.29, 0.717) is 16.8 Å². The lowest BCUT2D eigenvalue weighted by molar-refractivity contribution is 0.486. The summed E-state index contributed by atoms with van der Waals surface area (Å²) in [5.74, 6) is 0. The van der Waals surface area contributed by atoms with Gasteiger partial charge in [0.15, 0.2) is 0 Å². The summed E-state index contributed by atoms with van der Waals surface area (Å²) in [6.07, 6.45) is 4.86. The van der Waals surface area contributed by atoms with Crippen LogP contribution in [0.15, 0.2) is 23.1 Å². The topological polar surface area (TPSA) is 75.4 Å². The van der Waals surface area contributed by atoms with Crippen molar-refractivity contribution in [2.24, 2.45) is 5.41 Å². The lowest BCUT2D eigenvalue weighted by Crippen LogP contribution is -2.22. The summed E-state index contributed by atoms with van der Waals surface area (Å²) in [7, 11) is -0.373. The number of nitrogens with one attached hydrogen (secondary N) is 1. The monoisotopic (exact) mass is 311 g/mol. The second kappa shape index (κ2) is 5.85. The van der Waals surface area contributed by atoms with Crippen LogP contribution >= 0.6 is 0 Å². The van der Waals surface area contributed by atoms with E-state index in [9.17, 15) is 8.42 Å². The van der Waals surface area contributed by atoms with Crippen molar-refractivity contribution < 1.29 is 8.42 Å². The van der Waals surface area contributed by atoms with Gasteiger partial charge in [0.1, 0.15) is 0 Å². The second-order valence-corrected chi connectivity index (χ2v) is 8.29. The van der Waals surface area contributed by atoms with E-state index in [1.54, 1.807) is 18.2 Å². The average molecular weight is 311 g/mol. The molecular weight excluding hydrogens is 286 g/mol. The normalized spacial score (nSPS) is 17.0. The predicted octanol–water partition coefficient (Wildman–Crippen LogP) is 2.51. The van der Waals surface area contributed by atoms with Gasteiger partial charge in [-0.05, 0) is 42.9 Å². The molecule has 0 heterocycles. The van der Waals surface area contributed by atoms with Gasteiger partial charge < -0.3 is 11.1 Å². The Balaban J connectivity index is 2.17. The maximum atomic E-state index is 12.2. The minimum Gasteiger partial charge on any atom is -0.397 e. The highest BCUT2D eigenvalue weighted by atomic mass is 32.2. The Hall–Kier alpha value is -1.27. The Morgan fingerprint density at radius 1 is 1.33 bits per heavy atom. The summed E-state index contributed by atoms with van der Waals surface area (Å²) in [6, 6.07) is 4.83. The number of nitrogens with zero attached hydrogens (tertiary/aromatic N) is 1. The molecule has 3 N–H and O–H groups in total. The van der Waals surface area contributed by atoms with Gasteiger partial charge in [-0.1, -0.05) is 13.3 Å². The highest BCUT2D eigenvalue weighted by molar-refractivity contribution is 7.89. The van der Waals surface area contributed by atoms with Crippen LogP contribution in [0.3, 0.4) is 0 Å². The van der Waals surface area contributed by atoms with Gasteiger partial charge in [-0.3, -0.25) is 0 Å². The van der Waals surface area contributed by atoms with Gasteiger partial charge in [0, 0.05) is 20.6 Å². The smallest absolute Gasteiger partial charge is 0.242 e. The zero-order valence-corrected chi connectivity index (χ0v) is 13.8. The molecular formula is C15H25N3O2S. The summed E-state index contributed by atoms with van der Waals surface area (Å²) >= 11 is 0. The third kappa shape index (κ3) is 3.49. The van der Waals surface area contributed by atoms with Crippen molar-refractivity contribution in [3.05, 3.63) is 18.2 Å². The average Bonchev–Trinajstić information content (AvgIpc) is 3.18. The Kier molecular flexibility index (Phi) is 4.49. The number of nitrogens with two attached hydrogens (primary N) is 1. The van der Waals surface area contributed by atoms with Crippen LogP contribution < -0.4 is 11.1 Å². The molecule has 0 unspecified atom stereocenters. The van der Waals surface area contributed by atoms with Gasteiger partial charge in [-0.25, -0.2) is 12.7 Å². The third-order valence-corrected chi connectivity index (χ3v) is 6.01. The van der Waals surface area contributed by atoms with Crippen LogP contribution in [0.2, 0.25) is 0 Å². The molecule has 0 radical (unpaired) electrons. The molecule has 1 aromatic carbocycles. The quantitative estimate of drug-likeness (QED) is 0.759. The molecule has 5 nitrogen and oxygen atoms in total. The van der Waals surface area contributed by atoms with Crippen LogP contribution in [0.4, 0.5) is 11.4 Å². The van der Waals surface area contributed by atoms with Crippen molar-refractivity contribution in [2.75, 3.05) is 31.7 Å². The Labute approximate surface area is 127 Å². The largest absolute Gasteiger partial charge is 0.397 e. The maximum absolute atomic E-state index is 12.2. The summed E-state index contributed by atoms with van der Waals surface area (Å²) in [6.45, 7) is 3.05. The first-order valence-electron chi connectivity index (χ1n) is 7.37. The van der Waals surface area contributed by atoms with Crippen LogP contribution in [0.1, 0.15) is 32.6 Å². The highest BCUT2D eigenvalue weighted by Gasteiger charge is 2.41. The first-order valence-corrected chi connectivity index (χ1v) is 8.81. The van der Waals surface area contributed by atoms with Gasteiger partial charge in [-0.2, -0.15) is 0 Å². The molecule has 2 rings (SSSR count). The molecule has 0 bridgehead atoms. The van der Waals surface area contributed by atoms with Gasteiger partial charge in [0.25, 0.3) is 0 Å². The lowest BCUT2D eigenvalue weighted by atomic mass is 10.0. The van der Waals surface area contributed by atoms with Crippen LogP contribution in [0.5, 0.6) is 0 Å². The first kappa shape index (κ1) is 16.1. The van der Waals surface area contributed by atoms with E-state index in [1.165, 1.54) is 44.1 Å². The van der Waals surface area contributed by atoms with Crippen molar-refractivity contribution in [2.45, 2.75) is 37.5 Å². The first-order chi connectivity index (χ1) is 9.81. The molecule has 0 saturated heterocycles. The number of anilines is 2. The molecule has 1 aliphatic rings. The molecule has 6 heteroatoms. The standard InChI is InChI=1S/C15H25N3O2S/c1-4-7-15(8-9-15)11-17-14-10-12(5-6-13(14)16)21(19,20)18(2)3/h5-6,10,17H,4,7-9,11,16H2,1-3H3. The van der Waals surface area contributed by atoms with Crippen molar-refractivity contribution in [1.82, 2.24) is 4.31 Å². The molecule has 118 valence electrons. The molecule has 0 atom stereocenters. The van der Waals surface area contributed by atoms with Gasteiger partial charge in [0.05, 0.1) is 16.3 Å². The SMILES string of the molecule is CCCC1(CNc2cc(S(=O)(=O)N(C)C)ccc2N)CC1. The third-order valence-electron chi connectivity index (χ3n) is 4.19. The number of hydrogen-bond acceptors (Lipinski definition) is 4. The maximum Gasteiger partial charge on any atom is 0.242 e. The number of rotatable bonds is 7. The van der Waals surface area contributed by atoms with E-state index < -0.39 is 10.0 Å². The molecule has 0 aliphatic heterocycles. The lowest BCUT2D eigenvalue weighted by Gasteiger charge is -2.18. The molecule has 1 saturated carbocycles. The number of sulfonamides is 1. The Morgan fingerprint density at radius 2 is 2.00 bits per heavy atom. The number of benzene rings is 1. The van der Waals surface area contributed by atoms with Crippen molar-refractivity contribution >= 4 is 21.4 Å². The summed E-state index contributed by atoms with van der Waals surface area (Å²) in [5, 5.41) is 3.34. The molecule has 1 aromatic rings. The zero-order chi connectivity index (χ0) is 15.7.